The number of aryl methyl sites for hydroxylation is 4. The van der Waals surface area contributed by atoms with Gasteiger partial charge in [0.15, 0.2) is 0 Å². The molecule has 0 aliphatic carbocycles. The van der Waals surface area contributed by atoms with E-state index < -0.39 is 0 Å². The summed E-state index contributed by atoms with van der Waals surface area (Å²) < 4.78 is 6.46. The second kappa shape index (κ2) is 17.8. The van der Waals surface area contributed by atoms with Gasteiger partial charge in [-0.05, 0) is 95.0 Å². The largest absolute Gasteiger partial charge is 0.437 e. The number of aromatic nitrogens is 5. The number of fused-ring (bicyclic) bond motifs is 3. The summed E-state index contributed by atoms with van der Waals surface area (Å²) in [6.45, 7) is 0. The van der Waals surface area contributed by atoms with Crippen molar-refractivity contribution < 1.29 is 4.42 Å². The maximum absolute atomic E-state index is 6.46. The van der Waals surface area contributed by atoms with Crippen molar-refractivity contribution in [3.63, 3.8) is 0 Å². The molecule has 6 aromatic heterocycles. The summed E-state index contributed by atoms with van der Waals surface area (Å²) in [5.74, 6) is 0. The van der Waals surface area contributed by atoms with Crippen molar-refractivity contribution in [3.8, 4) is 67.3 Å². The number of rotatable bonds is 12. The number of furan rings is 1. The molecular formula is C59H43N5O. The molecule has 0 N–H and O–H groups in total. The minimum absolute atomic E-state index is 0.581. The fourth-order valence-electron chi connectivity index (χ4n) is 8.71. The van der Waals surface area contributed by atoms with Crippen LogP contribution in [0.4, 0.5) is 0 Å². The SMILES string of the molecule is c1ccc(-c2ccc(CCc3cc(CCc4ccc(-c5ccccc5)nc4)cc(-c4ccccc4-c4ccc(-c5cncc6c5oc5nc(-c7ccccc7)ccc56)nc4)c3)cn2)cc1. The first kappa shape index (κ1) is 39.5. The molecule has 0 saturated carbocycles. The lowest BCUT2D eigenvalue weighted by Crippen LogP contribution is -1.98. The van der Waals surface area contributed by atoms with Crippen LogP contribution in [0.5, 0.6) is 0 Å². The quantitative estimate of drug-likeness (QED) is 0.122. The molecule has 0 amide bonds. The van der Waals surface area contributed by atoms with Crippen LogP contribution < -0.4 is 0 Å². The van der Waals surface area contributed by atoms with Crippen LogP contribution in [-0.2, 0) is 25.7 Å². The van der Waals surface area contributed by atoms with Gasteiger partial charge in [-0.2, -0.15) is 0 Å². The van der Waals surface area contributed by atoms with E-state index in [1.807, 2.05) is 67.4 Å². The van der Waals surface area contributed by atoms with Gasteiger partial charge < -0.3 is 4.42 Å². The third kappa shape index (κ3) is 8.45. The number of benzene rings is 5. The Bertz CT molecular complexity index is 3280. The third-order valence-corrected chi connectivity index (χ3v) is 12.1. The smallest absolute Gasteiger partial charge is 0.227 e. The molecule has 0 aliphatic heterocycles. The average molecular weight is 838 g/mol. The van der Waals surface area contributed by atoms with Crippen LogP contribution in [0, 0.1) is 0 Å². The Hall–Kier alpha value is -8.35. The Kier molecular flexibility index (Phi) is 10.8. The van der Waals surface area contributed by atoms with Gasteiger partial charge in [-0.1, -0.05) is 152 Å². The van der Waals surface area contributed by atoms with Crippen molar-refractivity contribution in [2.24, 2.45) is 0 Å². The fraction of sp³-hybridized carbons (Fsp3) is 0.0678. The maximum Gasteiger partial charge on any atom is 0.227 e. The second-order valence-corrected chi connectivity index (χ2v) is 16.4. The molecule has 65 heavy (non-hydrogen) atoms. The second-order valence-electron chi connectivity index (χ2n) is 16.4. The molecule has 0 atom stereocenters. The van der Waals surface area contributed by atoms with Crippen molar-refractivity contribution in [2.45, 2.75) is 25.7 Å². The van der Waals surface area contributed by atoms with E-state index >= 15 is 0 Å². The highest BCUT2D eigenvalue weighted by Crippen LogP contribution is 2.37. The molecule has 0 spiro atoms. The lowest BCUT2D eigenvalue weighted by molar-refractivity contribution is 0.655. The Labute approximate surface area is 378 Å². The molecular weight excluding hydrogens is 795 g/mol. The Morgan fingerprint density at radius 2 is 0.831 bits per heavy atom. The first-order valence-electron chi connectivity index (χ1n) is 22.1. The molecule has 0 saturated heterocycles. The summed E-state index contributed by atoms with van der Waals surface area (Å²) in [5.41, 5.74) is 18.6. The normalized spacial score (nSPS) is 11.3. The Morgan fingerprint density at radius 3 is 1.38 bits per heavy atom. The van der Waals surface area contributed by atoms with Gasteiger partial charge in [-0.15, -0.1) is 0 Å². The van der Waals surface area contributed by atoms with Gasteiger partial charge in [0.1, 0.15) is 5.58 Å². The van der Waals surface area contributed by atoms with Gasteiger partial charge in [0, 0.05) is 64.0 Å². The molecule has 5 aromatic carbocycles. The number of hydrogen-bond acceptors (Lipinski definition) is 6. The monoisotopic (exact) mass is 837 g/mol. The summed E-state index contributed by atoms with van der Waals surface area (Å²) in [6.07, 6.45) is 13.2. The van der Waals surface area contributed by atoms with E-state index in [1.54, 1.807) is 0 Å². The number of nitrogens with zero attached hydrogens (tertiary/aromatic N) is 5. The summed E-state index contributed by atoms with van der Waals surface area (Å²) in [7, 11) is 0. The summed E-state index contributed by atoms with van der Waals surface area (Å²) in [6, 6.07) is 63.6. The zero-order valence-electron chi connectivity index (χ0n) is 35.7. The molecule has 6 heterocycles. The van der Waals surface area contributed by atoms with Gasteiger partial charge >= 0.3 is 0 Å². The molecule has 310 valence electrons. The molecule has 0 fully saturated rings. The molecule has 6 nitrogen and oxygen atoms in total. The van der Waals surface area contributed by atoms with E-state index in [1.165, 1.54) is 27.8 Å². The molecule has 0 unspecified atom stereocenters. The average Bonchev–Trinajstić information content (AvgIpc) is 3.77. The van der Waals surface area contributed by atoms with E-state index in [0.717, 1.165) is 104 Å². The zero-order valence-corrected chi connectivity index (χ0v) is 35.7. The lowest BCUT2D eigenvalue weighted by atomic mass is 9.90. The van der Waals surface area contributed by atoms with Gasteiger partial charge in [-0.25, -0.2) is 4.98 Å². The van der Waals surface area contributed by atoms with Gasteiger partial charge in [-0.3, -0.25) is 19.9 Å². The number of pyridine rings is 5. The molecule has 6 heteroatoms. The first-order valence-corrected chi connectivity index (χ1v) is 22.1. The van der Waals surface area contributed by atoms with Crippen LogP contribution in [0.25, 0.3) is 89.4 Å². The Balaban J connectivity index is 0.891. The number of hydrogen-bond donors (Lipinski definition) is 0. The molecule has 0 bridgehead atoms. The van der Waals surface area contributed by atoms with E-state index in [0.29, 0.717) is 5.71 Å². The minimum atomic E-state index is 0.581. The van der Waals surface area contributed by atoms with Gasteiger partial charge in [0.05, 0.1) is 28.3 Å². The van der Waals surface area contributed by atoms with Crippen molar-refractivity contribution in [2.75, 3.05) is 0 Å². The summed E-state index contributed by atoms with van der Waals surface area (Å²) >= 11 is 0. The van der Waals surface area contributed by atoms with Crippen molar-refractivity contribution in [3.05, 3.63) is 235 Å². The molecule has 0 radical (unpaired) electrons. The van der Waals surface area contributed by atoms with Crippen LogP contribution >= 0.6 is 0 Å². The van der Waals surface area contributed by atoms with E-state index in [2.05, 4.69) is 151 Å². The van der Waals surface area contributed by atoms with E-state index in [4.69, 9.17) is 24.4 Å². The van der Waals surface area contributed by atoms with E-state index in [-0.39, 0.29) is 0 Å². The topological polar surface area (TPSA) is 77.6 Å². The molecule has 0 aliphatic rings. The van der Waals surface area contributed by atoms with Crippen LogP contribution in [-0.4, -0.2) is 24.9 Å². The highest BCUT2D eigenvalue weighted by Gasteiger charge is 2.17. The van der Waals surface area contributed by atoms with Gasteiger partial charge in [0.2, 0.25) is 5.71 Å². The van der Waals surface area contributed by atoms with Gasteiger partial charge in [0.25, 0.3) is 0 Å². The van der Waals surface area contributed by atoms with Crippen LogP contribution in [0.2, 0.25) is 0 Å². The van der Waals surface area contributed by atoms with Crippen molar-refractivity contribution in [1.29, 1.82) is 0 Å². The predicted molar refractivity (Wildman–Crippen MR) is 263 cm³/mol. The van der Waals surface area contributed by atoms with E-state index in [9.17, 15) is 0 Å². The predicted octanol–water partition coefficient (Wildman–Crippen LogP) is 14.1. The summed E-state index contributed by atoms with van der Waals surface area (Å²) in [5, 5.41) is 1.84. The van der Waals surface area contributed by atoms with Crippen molar-refractivity contribution in [1.82, 2.24) is 24.9 Å². The molecule has 11 aromatic rings. The Morgan fingerprint density at radius 1 is 0.323 bits per heavy atom. The fourth-order valence-corrected chi connectivity index (χ4v) is 8.71. The standard InChI is InChI=1S/C59H43N5O/c1-4-12-44(13-5-1)54-28-24-40(35-61-54)20-22-42-32-43(23-21-41-25-29-55(62-36-41)45-14-6-2-7-15-45)34-48(33-42)50-19-11-10-18-49(50)47-26-30-57(63-37-47)53-39-60-38-52-51-27-31-56(46-16-8-3-9-17-46)64-59(51)65-58(52)53/h1-19,24-39H,20-23H2. The first-order chi connectivity index (χ1) is 32.2. The highest BCUT2D eigenvalue weighted by molar-refractivity contribution is 6.08. The summed E-state index contributed by atoms with van der Waals surface area (Å²) in [4.78, 5) is 24.2. The van der Waals surface area contributed by atoms with Crippen molar-refractivity contribution >= 4 is 22.1 Å². The van der Waals surface area contributed by atoms with Crippen LogP contribution in [0.3, 0.4) is 0 Å². The zero-order chi connectivity index (χ0) is 43.4. The maximum atomic E-state index is 6.46. The van der Waals surface area contributed by atoms with Crippen LogP contribution in [0.15, 0.2) is 217 Å². The highest BCUT2D eigenvalue weighted by atomic mass is 16.3. The third-order valence-electron chi connectivity index (χ3n) is 12.1. The molecule has 11 rings (SSSR count). The minimum Gasteiger partial charge on any atom is -0.437 e. The lowest BCUT2D eigenvalue weighted by Gasteiger charge is -2.15. The van der Waals surface area contributed by atoms with Crippen LogP contribution in [0.1, 0.15) is 22.3 Å².